The molecule has 0 saturated carbocycles. The number of benzene rings is 1. The first kappa shape index (κ1) is 15.3. The molecule has 0 aromatic heterocycles. The Kier molecular flexibility index (Phi) is 5.98. The zero-order valence-electron chi connectivity index (χ0n) is 10.3. The molecule has 1 aromatic carbocycles. The predicted molar refractivity (Wildman–Crippen MR) is 66.6 cm³/mol. The standard InChI is InChI=1S/C12H16F3NOS/c1-9(16-2)10-3-5-11(6-4-10)18-8-17-7-12(13,14)15/h3-6,9,16H,7-8H2,1-2H3. The van der Waals surface area contributed by atoms with Crippen molar-refractivity contribution < 1.29 is 17.9 Å². The van der Waals surface area contributed by atoms with Gasteiger partial charge in [0.15, 0.2) is 0 Å². The molecule has 1 N–H and O–H groups in total. The number of ether oxygens (including phenoxy) is 1. The number of halogens is 3. The zero-order chi connectivity index (χ0) is 13.6. The minimum atomic E-state index is -4.26. The summed E-state index contributed by atoms with van der Waals surface area (Å²) >= 11 is 1.25. The fourth-order valence-corrected chi connectivity index (χ4v) is 1.92. The van der Waals surface area contributed by atoms with Crippen molar-refractivity contribution in [3.63, 3.8) is 0 Å². The number of thioether (sulfide) groups is 1. The van der Waals surface area contributed by atoms with Crippen molar-refractivity contribution in [2.24, 2.45) is 0 Å². The Labute approximate surface area is 109 Å². The molecule has 1 atom stereocenters. The lowest BCUT2D eigenvalue weighted by Gasteiger charge is -2.11. The molecule has 2 nitrogen and oxygen atoms in total. The number of rotatable bonds is 6. The highest BCUT2D eigenvalue weighted by atomic mass is 32.2. The highest BCUT2D eigenvalue weighted by Gasteiger charge is 2.27. The summed E-state index contributed by atoms with van der Waals surface area (Å²) in [6.45, 7) is 0.837. The largest absolute Gasteiger partial charge is 0.411 e. The summed E-state index contributed by atoms with van der Waals surface area (Å²) in [6.07, 6.45) is -4.26. The molecule has 0 aliphatic carbocycles. The fourth-order valence-electron chi connectivity index (χ4n) is 1.29. The number of hydrogen-bond donors (Lipinski definition) is 1. The van der Waals surface area contributed by atoms with Crippen LogP contribution in [0.2, 0.25) is 0 Å². The van der Waals surface area contributed by atoms with Crippen molar-refractivity contribution in [2.45, 2.75) is 24.0 Å². The summed E-state index contributed by atoms with van der Waals surface area (Å²) in [5.74, 6) is 0.000435. The average Bonchev–Trinajstić information content (AvgIpc) is 2.33. The lowest BCUT2D eigenvalue weighted by atomic mass is 10.1. The molecule has 102 valence electrons. The molecule has 1 rings (SSSR count). The van der Waals surface area contributed by atoms with E-state index in [-0.39, 0.29) is 12.0 Å². The summed E-state index contributed by atoms with van der Waals surface area (Å²) in [5.41, 5.74) is 1.14. The Balaban J connectivity index is 2.35. The van der Waals surface area contributed by atoms with E-state index in [1.54, 1.807) is 0 Å². The maximum absolute atomic E-state index is 11.8. The van der Waals surface area contributed by atoms with Crippen LogP contribution in [0, 0.1) is 0 Å². The van der Waals surface area contributed by atoms with Crippen LogP contribution in [0.3, 0.4) is 0 Å². The molecule has 0 heterocycles. The van der Waals surface area contributed by atoms with Crippen LogP contribution in [0.4, 0.5) is 13.2 Å². The van der Waals surface area contributed by atoms with Gasteiger partial charge < -0.3 is 10.1 Å². The first-order valence-electron chi connectivity index (χ1n) is 5.47. The molecule has 0 saturated heterocycles. The number of alkyl halides is 3. The van der Waals surface area contributed by atoms with Gasteiger partial charge in [0.1, 0.15) is 6.61 Å². The number of hydrogen-bond acceptors (Lipinski definition) is 3. The van der Waals surface area contributed by atoms with Gasteiger partial charge in [0.25, 0.3) is 0 Å². The van der Waals surface area contributed by atoms with Gasteiger partial charge in [-0.25, -0.2) is 0 Å². The molecule has 0 amide bonds. The van der Waals surface area contributed by atoms with Crippen molar-refractivity contribution in [1.29, 1.82) is 0 Å². The van der Waals surface area contributed by atoms with E-state index in [0.29, 0.717) is 0 Å². The molecular formula is C12H16F3NOS. The van der Waals surface area contributed by atoms with Crippen molar-refractivity contribution in [3.05, 3.63) is 29.8 Å². The van der Waals surface area contributed by atoms with Crippen molar-refractivity contribution >= 4 is 11.8 Å². The van der Waals surface area contributed by atoms with E-state index in [9.17, 15) is 13.2 Å². The molecule has 0 aliphatic heterocycles. The fraction of sp³-hybridized carbons (Fsp3) is 0.500. The maximum Gasteiger partial charge on any atom is 0.411 e. The van der Waals surface area contributed by atoms with Gasteiger partial charge in [0, 0.05) is 10.9 Å². The van der Waals surface area contributed by atoms with Gasteiger partial charge in [-0.3, -0.25) is 0 Å². The van der Waals surface area contributed by atoms with Crippen LogP contribution in [0.15, 0.2) is 29.2 Å². The molecule has 1 aromatic rings. The summed E-state index contributed by atoms with van der Waals surface area (Å²) in [7, 11) is 1.87. The van der Waals surface area contributed by atoms with E-state index in [0.717, 1.165) is 10.5 Å². The Morgan fingerprint density at radius 3 is 2.39 bits per heavy atom. The second-order valence-corrected chi connectivity index (χ2v) is 4.80. The van der Waals surface area contributed by atoms with E-state index in [2.05, 4.69) is 10.1 Å². The van der Waals surface area contributed by atoms with Gasteiger partial charge >= 0.3 is 6.18 Å². The Morgan fingerprint density at radius 2 is 1.89 bits per heavy atom. The molecule has 0 radical (unpaired) electrons. The quantitative estimate of drug-likeness (QED) is 0.488. The number of nitrogens with one attached hydrogen (secondary N) is 1. The molecule has 0 aliphatic rings. The Morgan fingerprint density at radius 1 is 1.28 bits per heavy atom. The minimum absolute atomic E-state index is 0.000435. The van der Waals surface area contributed by atoms with E-state index in [4.69, 9.17) is 0 Å². The average molecular weight is 279 g/mol. The van der Waals surface area contributed by atoms with Crippen LogP contribution < -0.4 is 5.32 Å². The third-order valence-corrected chi connectivity index (χ3v) is 3.28. The lowest BCUT2D eigenvalue weighted by Crippen LogP contribution is -2.16. The SMILES string of the molecule is CNC(C)c1ccc(SCOCC(F)(F)F)cc1. The van der Waals surface area contributed by atoms with Gasteiger partial charge in [0.2, 0.25) is 0 Å². The molecule has 0 bridgehead atoms. The molecule has 0 spiro atoms. The van der Waals surface area contributed by atoms with Gasteiger partial charge in [0.05, 0.1) is 5.94 Å². The molecular weight excluding hydrogens is 263 g/mol. The van der Waals surface area contributed by atoms with Crippen molar-refractivity contribution in [2.75, 3.05) is 19.6 Å². The van der Waals surface area contributed by atoms with Gasteiger partial charge in [-0.05, 0) is 31.7 Å². The van der Waals surface area contributed by atoms with Crippen LogP contribution >= 0.6 is 11.8 Å². The topological polar surface area (TPSA) is 21.3 Å². The molecule has 0 fully saturated rings. The highest BCUT2D eigenvalue weighted by molar-refractivity contribution is 7.99. The van der Waals surface area contributed by atoms with E-state index >= 15 is 0 Å². The lowest BCUT2D eigenvalue weighted by molar-refractivity contribution is -0.168. The monoisotopic (exact) mass is 279 g/mol. The molecule has 6 heteroatoms. The first-order valence-corrected chi connectivity index (χ1v) is 6.45. The van der Waals surface area contributed by atoms with E-state index in [1.807, 2.05) is 38.2 Å². The van der Waals surface area contributed by atoms with Gasteiger partial charge in [-0.1, -0.05) is 23.9 Å². The third-order valence-electron chi connectivity index (χ3n) is 2.39. The van der Waals surface area contributed by atoms with Crippen LogP contribution in [0.25, 0.3) is 0 Å². The van der Waals surface area contributed by atoms with Gasteiger partial charge in [-0.2, -0.15) is 13.2 Å². The van der Waals surface area contributed by atoms with Crippen molar-refractivity contribution in [1.82, 2.24) is 5.32 Å². The zero-order valence-corrected chi connectivity index (χ0v) is 11.1. The maximum atomic E-state index is 11.8. The van der Waals surface area contributed by atoms with Gasteiger partial charge in [-0.15, -0.1) is 0 Å². The van der Waals surface area contributed by atoms with E-state index in [1.165, 1.54) is 11.8 Å². The van der Waals surface area contributed by atoms with E-state index < -0.39 is 12.8 Å². The summed E-state index contributed by atoms with van der Waals surface area (Å²) in [4.78, 5) is 0.893. The van der Waals surface area contributed by atoms with Crippen LogP contribution in [0.1, 0.15) is 18.5 Å². The van der Waals surface area contributed by atoms with Crippen LogP contribution in [0.5, 0.6) is 0 Å². The summed E-state index contributed by atoms with van der Waals surface area (Å²) in [5, 5.41) is 3.11. The predicted octanol–water partition coefficient (Wildman–Crippen LogP) is 3.60. The van der Waals surface area contributed by atoms with Crippen LogP contribution in [-0.2, 0) is 4.74 Å². The second kappa shape index (κ2) is 7.01. The molecule has 18 heavy (non-hydrogen) atoms. The van der Waals surface area contributed by atoms with Crippen LogP contribution in [-0.4, -0.2) is 25.8 Å². The Hall–Kier alpha value is -0.720. The minimum Gasteiger partial charge on any atom is -0.361 e. The summed E-state index contributed by atoms with van der Waals surface area (Å²) in [6, 6.07) is 7.92. The second-order valence-electron chi connectivity index (χ2n) is 3.81. The summed E-state index contributed by atoms with van der Waals surface area (Å²) < 4.78 is 40.0. The molecule has 1 unspecified atom stereocenters. The first-order chi connectivity index (χ1) is 8.42. The Bertz CT molecular complexity index is 353. The highest BCUT2D eigenvalue weighted by Crippen LogP contribution is 2.22. The normalized spacial score (nSPS) is 13.6. The third kappa shape index (κ3) is 5.75. The van der Waals surface area contributed by atoms with Crippen molar-refractivity contribution in [3.8, 4) is 0 Å². The smallest absolute Gasteiger partial charge is 0.361 e.